The second-order valence-electron chi connectivity index (χ2n) is 9.05. The van der Waals surface area contributed by atoms with Crippen molar-refractivity contribution in [1.29, 1.82) is 0 Å². The average Bonchev–Trinajstić information content (AvgIpc) is 2.80. The van der Waals surface area contributed by atoms with Gasteiger partial charge in [-0.15, -0.1) is 0 Å². The van der Waals surface area contributed by atoms with Crippen LogP contribution < -0.4 is 0 Å². The molecule has 3 rings (SSSR count). The maximum atomic E-state index is 11.3. The number of hydrogen-bond acceptors (Lipinski definition) is 3. The molecule has 0 radical (unpaired) electrons. The predicted octanol–water partition coefficient (Wildman–Crippen LogP) is 6.84. The highest BCUT2D eigenvalue weighted by Gasteiger charge is 2.17. The van der Waals surface area contributed by atoms with Crippen LogP contribution in [0.3, 0.4) is 0 Å². The summed E-state index contributed by atoms with van der Waals surface area (Å²) in [5, 5.41) is 10.2. The number of thiocarbonyl (C=S) groups is 1. The molecule has 5 heteroatoms. The summed E-state index contributed by atoms with van der Waals surface area (Å²) in [5.74, 6) is -0.534. The number of carboxylic acids is 1. The molecule has 1 heterocycles. The summed E-state index contributed by atoms with van der Waals surface area (Å²) in [7, 11) is 1.72. The minimum Gasteiger partial charge on any atom is -0.480 e. The number of aryl methyl sites for hydroxylation is 1. The maximum Gasteiger partial charge on any atom is 0.323 e. The molecule has 0 atom stereocenters. The van der Waals surface area contributed by atoms with Crippen LogP contribution in [0.25, 0.3) is 22.2 Å². The molecule has 0 aliphatic rings. The molecule has 174 valence electrons. The van der Waals surface area contributed by atoms with E-state index in [2.05, 4.69) is 57.2 Å². The van der Waals surface area contributed by atoms with Gasteiger partial charge in [-0.2, -0.15) is 0 Å². The quantitative estimate of drug-likeness (QED) is 0.264. The maximum absolute atomic E-state index is 11.3. The van der Waals surface area contributed by atoms with Crippen molar-refractivity contribution in [1.82, 2.24) is 9.88 Å². The molecular formula is C28H34N2O2S. The molecule has 2 aromatic carbocycles. The van der Waals surface area contributed by atoms with Gasteiger partial charge < -0.3 is 10.0 Å². The fraction of sp³-hybridized carbons (Fsp3) is 0.393. The first-order valence-electron chi connectivity index (χ1n) is 11.8. The molecule has 1 aromatic heterocycles. The Morgan fingerprint density at radius 1 is 1.06 bits per heavy atom. The van der Waals surface area contributed by atoms with E-state index in [4.69, 9.17) is 17.2 Å². The Kier molecular flexibility index (Phi) is 8.56. The van der Waals surface area contributed by atoms with Gasteiger partial charge in [0.25, 0.3) is 0 Å². The van der Waals surface area contributed by atoms with Crippen LogP contribution in [0.15, 0.2) is 48.5 Å². The van der Waals surface area contributed by atoms with E-state index in [-0.39, 0.29) is 6.54 Å². The van der Waals surface area contributed by atoms with E-state index >= 15 is 0 Å². The smallest absolute Gasteiger partial charge is 0.323 e. The van der Waals surface area contributed by atoms with Gasteiger partial charge in [-0.1, -0.05) is 82.6 Å². The zero-order chi connectivity index (χ0) is 24.0. The highest BCUT2D eigenvalue weighted by atomic mass is 32.1. The van der Waals surface area contributed by atoms with Gasteiger partial charge in [-0.05, 0) is 48.1 Å². The first-order valence-corrected chi connectivity index (χ1v) is 12.2. The van der Waals surface area contributed by atoms with Crippen LogP contribution in [0.1, 0.15) is 69.1 Å². The molecule has 0 aliphatic carbocycles. The summed E-state index contributed by atoms with van der Waals surface area (Å²) in [6.07, 6.45) is 6.12. The van der Waals surface area contributed by atoms with Crippen LogP contribution >= 0.6 is 12.2 Å². The van der Waals surface area contributed by atoms with Gasteiger partial charge in [0, 0.05) is 23.6 Å². The van der Waals surface area contributed by atoms with Gasteiger partial charge in [0.1, 0.15) is 11.5 Å². The van der Waals surface area contributed by atoms with E-state index in [1.807, 2.05) is 12.1 Å². The Hall–Kier alpha value is -2.79. The number of benzene rings is 2. The molecule has 0 saturated carbocycles. The number of unbranched alkanes of at least 4 members (excludes halogenated alkanes) is 3. The van der Waals surface area contributed by atoms with Crippen LogP contribution in [-0.4, -0.2) is 39.5 Å². The van der Waals surface area contributed by atoms with Gasteiger partial charge >= 0.3 is 5.97 Å². The molecule has 0 fully saturated rings. The average molecular weight is 463 g/mol. The van der Waals surface area contributed by atoms with E-state index in [1.54, 1.807) is 11.9 Å². The number of likely N-dealkylation sites (N-methyl/N-ethyl adjacent to an activating group) is 1. The molecule has 0 aliphatic heterocycles. The summed E-state index contributed by atoms with van der Waals surface area (Å²) in [6, 6.07) is 16.9. The van der Waals surface area contributed by atoms with Crippen LogP contribution in [0, 0.1) is 0 Å². The Labute approximate surface area is 202 Å². The number of carboxylic acid groups (broad SMARTS) is 1. The van der Waals surface area contributed by atoms with Crippen LogP contribution in [0.2, 0.25) is 0 Å². The number of hydrogen-bond donors (Lipinski definition) is 1. The molecule has 0 bridgehead atoms. The number of aliphatic carboxylic acids is 1. The summed E-state index contributed by atoms with van der Waals surface area (Å²) < 4.78 is 0. The fourth-order valence-corrected chi connectivity index (χ4v) is 4.24. The fourth-order valence-electron chi connectivity index (χ4n) is 4.01. The first kappa shape index (κ1) is 24.8. The zero-order valence-corrected chi connectivity index (χ0v) is 20.9. The van der Waals surface area contributed by atoms with Crippen molar-refractivity contribution in [2.45, 2.75) is 58.8 Å². The summed E-state index contributed by atoms with van der Waals surface area (Å²) >= 11 is 5.73. The topological polar surface area (TPSA) is 53.4 Å². The zero-order valence-electron chi connectivity index (χ0n) is 20.1. The van der Waals surface area contributed by atoms with Crippen LogP contribution in [0.4, 0.5) is 0 Å². The lowest BCUT2D eigenvalue weighted by Crippen LogP contribution is -2.31. The van der Waals surface area contributed by atoms with Gasteiger partial charge in [0.2, 0.25) is 0 Å². The predicted molar refractivity (Wildman–Crippen MR) is 141 cm³/mol. The second kappa shape index (κ2) is 11.4. The lowest BCUT2D eigenvalue weighted by Gasteiger charge is -2.20. The molecular weight excluding hydrogens is 428 g/mol. The third-order valence-electron chi connectivity index (χ3n) is 6.02. The summed E-state index contributed by atoms with van der Waals surface area (Å²) in [6.45, 7) is 6.39. The van der Waals surface area contributed by atoms with Gasteiger partial charge in [-0.25, -0.2) is 4.98 Å². The second-order valence-corrected chi connectivity index (χ2v) is 9.44. The first-order chi connectivity index (χ1) is 15.8. The Morgan fingerprint density at radius 3 is 2.42 bits per heavy atom. The number of nitrogens with zero attached hydrogens (tertiary/aromatic N) is 2. The minimum absolute atomic E-state index is 0.144. The molecule has 0 amide bonds. The molecule has 4 nitrogen and oxygen atoms in total. The highest BCUT2D eigenvalue weighted by molar-refractivity contribution is 7.80. The van der Waals surface area contributed by atoms with E-state index in [9.17, 15) is 9.90 Å². The summed E-state index contributed by atoms with van der Waals surface area (Å²) in [4.78, 5) is 18.3. The van der Waals surface area contributed by atoms with Gasteiger partial charge in [0.05, 0.1) is 11.2 Å². The van der Waals surface area contributed by atoms with Crippen molar-refractivity contribution in [3.63, 3.8) is 0 Å². The van der Waals surface area contributed by atoms with Crippen molar-refractivity contribution in [3.05, 3.63) is 65.2 Å². The van der Waals surface area contributed by atoms with E-state index < -0.39 is 5.97 Å². The molecule has 0 unspecified atom stereocenters. The van der Waals surface area contributed by atoms with Crippen molar-refractivity contribution in [3.8, 4) is 11.3 Å². The Morgan fingerprint density at radius 2 is 1.79 bits per heavy atom. The van der Waals surface area contributed by atoms with E-state index in [1.165, 1.54) is 36.8 Å². The molecule has 1 N–H and O–H groups in total. The van der Waals surface area contributed by atoms with Crippen molar-refractivity contribution < 1.29 is 9.90 Å². The Bertz CT molecular complexity index is 1120. The highest BCUT2D eigenvalue weighted by Crippen LogP contribution is 2.29. The largest absolute Gasteiger partial charge is 0.480 e. The molecule has 3 aromatic rings. The van der Waals surface area contributed by atoms with Crippen molar-refractivity contribution in [2.75, 3.05) is 13.6 Å². The van der Waals surface area contributed by atoms with E-state index in [0.29, 0.717) is 10.9 Å². The lowest BCUT2D eigenvalue weighted by molar-refractivity contribution is -0.137. The minimum atomic E-state index is -0.907. The standard InChI is InChI=1S/C28H34N2O2S/c1-5-6-7-8-9-20-10-12-21(13-11-20)26-17-24(28(33)30(4)18-27(31)32)23-16-22(19(2)3)14-15-25(23)29-26/h10-17,19H,5-9,18H2,1-4H3,(H,31,32). The number of fused-ring (bicyclic) bond motifs is 1. The van der Waals surface area contributed by atoms with E-state index in [0.717, 1.165) is 34.1 Å². The number of pyridine rings is 1. The molecule has 0 spiro atoms. The van der Waals surface area contributed by atoms with Gasteiger partial charge in [-0.3, -0.25) is 4.79 Å². The molecule has 0 saturated heterocycles. The number of carbonyl (C=O) groups is 1. The SMILES string of the molecule is CCCCCCc1ccc(-c2cc(C(=S)N(C)CC(=O)O)c3cc(C(C)C)ccc3n2)cc1. The van der Waals surface area contributed by atoms with Crippen molar-refractivity contribution >= 4 is 34.1 Å². The van der Waals surface area contributed by atoms with Crippen LogP contribution in [-0.2, 0) is 11.2 Å². The van der Waals surface area contributed by atoms with Crippen LogP contribution in [0.5, 0.6) is 0 Å². The number of rotatable bonds is 10. The monoisotopic (exact) mass is 462 g/mol. The Balaban J connectivity index is 2.00. The third kappa shape index (κ3) is 6.38. The third-order valence-corrected chi connectivity index (χ3v) is 6.55. The lowest BCUT2D eigenvalue weighted by atomic mass is 9.97. The molecule has 33 heavy (non-hydrogen) atoms. The number of aromatic nitrogens is 1. The van der Waals surface area contributed by atoms with Crippen molar-refractivity contribution in [2.24, 2.45) is 0 Å². The van der Waals surface area contributed by atoms with Gasteiger partial charge in [0.15, 0.2) is 0 Å². The summed E-state index contributed by atoms with van der Waals surface area (Å²) in [5.41, 5.74) is 6.13. The normalized spacial score (nSPS) is 11.2.